The van der Waals surface area contributed by atoms with E-state index in [2.05, 4.69) is 15.0 Å². The van der Waals surface area contributed by atoms with E-state index in [1.54, 1.807) is 12.4 Å². The summed E-state index contributed by atoms with van der Waals surface area (Å²) in [5.74, 6) is 1.15. The zero-order valence-corrected chi connectivity index (χ0v) is 17.3. The molecular weight excluding hydrogens is 394 g/mol. The van der Waals surface area contributed by atoms with Gasteiger partial charge in [0.2, 0.25) is 5.91 Å². The summed E-state index contributed by atoms with van der Waals surface area (Å²) in [6.07, 6.45) is 3.70. The van der Waals surface area contributed by atoms with Gasteiger partial charge in [0.05, 0.1) is 18.9 Å². The number of amidine groups is 1. The highest BCUT2D eigenvalue weighted by Gasteiger charge is 2.46. The number of fused-ring (bicyclic) bond motifs is 1. The van der Waals surface area contributed by atoms with E-state index in [4.69, 9.17) is 4.84 Å². The third-order valence-electron chi connectivity index (χ3n) is 6.22. The number of likely N-dealkylation sites (tertiary alicyclic amines) is 1. The van der Waals surface area contributed by atoms with E-state index in [0.717, 1.165) is 17.0 Å². The minimum Gasteiger partial charge on any atom is -0.388 e. The molecular formula is C23H25N5O3. The SMILES string of the molecule is O=C(Cc1cccnc1)N1C[C@@H]2ON=C(N3CCN(C(=O)c4ccccc4)CC3)[C@H]2C1. The number of oxime groups is 1. The Kier molecular flexibility index (Phi) is 5.28. The summed E-state index contributed by atoms with van der Waals surface area (Å²) in [5.41, 5.74) is 1.63. The van der Waals surface area contributed by atoms with Crippen molar-refractivity contribution in [3.05, 3.63) is 66.0 Å². The van der Waals surface area contributed by atoms with Crippen LogP contribution < -0.4 is 0 Å². The van der Waals surface area contributed by atoms with Crippen LogP contribution in [-0.2, 0) is 16.1 Å². The van der Waals surface area contributed by atoms with Gasteiger partial charge in [-0.1, -0.05) is 29.4 Å². The molecule has 4 heterocycles. The van der Waals surface area contributed by atoms with Crippen molar-refractivity contribution in [1.82, 2.24) is 19.7 Å². The fourth-order valence-corrected chi connectivity index (χ4v) is 4.51. The van der Waals surface area contributed by atoms with Crippen molar-refractivity contribution in [2.75, 3.05) is 39.3 Å². The normalized spacial score (nSPS) is 22.7. The molecule has 2 atom stereocenters. The minimum atomic E-state index is -0.0863. The van der Waals surface area contributed by atoms with E-state index in [0.29, 0.717) is 45.7 Å². The van der Waals surface area contributed by atoms with Crippen molar-refractivity contribution in [3.63, 3.8) is 0 Å². The predicted molar refractivity (Wildman–Crippen MR) is 114 cm³/mol. The van der Waals surface area contributed by atoms with Gasteiger partial charge in [-0.3, -0.25) is 14.6 Å². The number of pyridine rings is 1. The third-order valence-corrected chi connectivity index (χ3v) is 6.22. The summed E-state index contributed by atoms with van der Waals surface area (Å²) >= 11 is 0. The predicted octanol–water partition coefficient (Wildman–Crippen LogP) is 1.25. The molecule has 160 valence electrons. The molecule has 2 saturated heterocycles. The van der Waals surface area contributed by atoms with Crippen molar-refractivity contribution in [1.29, 1.82) is 0 Å². The standard InChI is InChI=1S/C23H25N5O3/c29-21(13-17-5-4-8-24-14-17)28-15-19-20(16-28)31-25-22(19)26-9-11-27(12-10-26)23(30)18-6-2-1-3-7-18/h1-8,14,19-20H,9-13,15-16H2/t19-,20-/m0/s1. The Morgan fingerprint density at radius 1 is 0.968 bits per heavy atom. The zero-order valence-electron chi connectivity index (χ0n) is 17.3. The second-order valence-corrected chi connectivity index (χ2v) is 8.18. The average molecular weight is 419 g/mol. The highest BCUT2D eigenvalue weighted by molar-refractivity contribution is 5.94. The minimum absolute atomic E-state index is 0.0655. The monoisotopic (exact) mass is 419 g/mol. The zero-order chi connectivity index (χ0) is 21.2. The molecule has 1 aromatic heterocycles. The quantitative estimate of drug-likeness (QED) is 0.748. The Balaban J connectivity index is 1.17. The van der Waals surface area contributed by atoms with E-state index in [1.807, 2.05) is 52.3 Å². The number of aromatic nitrogens is 1. The number of hydrogen-bond acceptors (Lipinski definition) is 6. The fraction of sp³-hybridized carbons (Fsp3) is 0.391. The van der Waals surface area contributed by atoms with E-state index in [-0.39, 0.29) is 23.8 Å². The van der Waals surface area contributed by atoms with Gasteiger partial charge in [-0.05, 0) is 23.8 Å². The second kappa shape index (κ2) is 8.37. The van der Waals surface area contributed by atoms with Gasteiger partial charge in [-0.15, -0.1) is 0 Å². The Morgan fingerprint density at radius 3 is 2.52 bits per heavy atom. The first-order valence-electron chi connectivity index (χ1n) is 10.7. The Bertz CT molecular complexity index is 973. The number of amides is 2. The molecule has 2 amide bonds. The fourth-order valence-electron chi connectivity index (χ4n) is 4.51. The maximum absolute atomic E-state index is 12.7. The van der Waals surface area contributed by atoms with Gasteiger partial charge >= 0.3 is 0 Å². The van der Waals surface area contributed by atoms with E-state index >= 15 is 0 Å². The van der Waals surface area contributed by atoms with E-state index < -0.39 is 0 Å². The van der Waals surface area contributed by atoms with E-state index in [1.165, 1.54) is 0 Å². The molecule has 0 spiro atoms. The van der Waals surface area contributed by atoms with Gasteiger partial charge in [0, 0.05) is 50.7 Å². The molecule has 8 nitrogen and oxygen atoms in total. The Hall–Kier alpha value is -3.42. The van der Waals surface area contributed by atoms with Gasteiger partial charge < -0.3 is 19.5 Å². The molecule has 2 aromatic rings. The average Bonchev–Trinajstić information content (AvgIpc) is 3.41. The summed E-state index contributed by atoms with van der Waals surface area (Å²) in [4.78, 5) is 41.1. The van der Waals surface area contributed by atoms with Crippen LogP contribution in [0.1, 0.15) is 15.9 Å². The number of piperazine rings is 1. The van der Waals surface area contributed by atoms with Crippen LogP contribution in [-0.4, -0.2) is 82.7 Å². The van der Waals surface area contributed by atoms with Crippen LogP contribution in [0.25, 0.3) is 0 Å². The molecule has 0 saturated carbocycles. The summed E-state index contributed by atoms with van der Waals surface area (Å²) in [6, 6.07) is 13.1. The first-order valence-corrected chi connectivity index (χ1v) is 10.7. The van der Waals surface area contributed by atoms with E-state index in [9.17, 15) is 9.59 Å². The van der Waals surface area contributed by atoms with Crippen LogP contribution in [0.3, 0.4) is 0 Å². The maximum atomic E-state index is 12.7. The topological polar surface area (TPSA) is 78.3 Å². The highest BCUT2D eigenvalue weighted by Crippen LogP contribution is 2.29. The lowest BCUT2D eigenvalue weighted by molar-refractivity contribution is -0.130. The van der Waals surface area contributed by atoms with Gasteiger partial charge in [-0.2, -0.15) is 0 Å². The highest BCUT2D eigenvalue weighted by atomic mass is 16.6. The smallest absolute Gasteiger partial charge is 0.253 e. The lowest BCUT2D eigenvalue weighted by Crippen LogP contribution is -2.52. The van der Waals surface area contributed by atoms with Gasteiger partial charge in [0.15, 0.2) is 11.9 Å². The van der Waals surface area contributed by atoms with Crippen molar-refractivity contribution >= 4 is 17.6 Å². The summed E-state index contributed by atoms with van der Waals surface area (Å²) < 4.78 is 0. The molecule has 0 aliphatic carbocycles. The van der Waals surface area contributed by atoms with Crippen molar-refractivity contribution in [3.8, 4) is 0 Å². The number of hydrogen-bond donors (Lipinski definition) is 0. The Labute approximate surface area is 181 Å². The maximum Gasteiger partial charge on any atom is 0.253 e. The lowest BCUT2D eigenvalue weighted by atomic mass is 10.0. The first kappa shape index (κ1) is 19.5. The molecule has 0 N–H and O–H groups in total. The van der Waals surface area contributed by atoms with Crippen LogP contribution in [0.4, 0.5) is 0 Å². The molecule has 1 aromatic carbocycles. The van der Waals surface area contributed by atoms with Crippen molar-refractivity contribution in [2.45, 2.75) is 12.5 Å². The number of carbonyl (C=O) groups is 2. The summed E-state index contributed by atoms with van der Waals surface area (Å²) in [7, 11) is 0. The second-order valence-electron chi connectivity index (χ2n) is 8.18. The largest absolute Gasteiger partial charge is 0.388 e. The van der Waals surface area contributed by atoms with Crippen LogP contribution in [0.5, 0.6) is 0 Å². The molecule has 3 aliphatic rings. The molecule has 0 bridgehead atoms. The number of benzene rings is 1. The molecule has 8 heteroatoms. The van der Waals surface area contributed by atoms with Crippen LogP contribution >= 0.6 is 0 Å². The summed E-state index contributed by atoms with van der Waals surface area (Å²) in [6.45, 7) is 3.90. The number of carbonyl (C=O) groups excluding carboxylic acids is 2. The molecule has 5 rings (SSSR count). The van der Waals surface area contributed by atoms with Crippen molar-refractivity contribution in [2.24, 2.45) is 11.1 Å². The first-order chi connectivity index (χ1) is 15.2. The van der Waals surface area contributed by atoms with Crippen molar-refractivity contribution < 1.29 is 14.4 Å². The third kappa shape index (κ3) is 3.97. The van der Waals surface area contributed by atoms with Crippen LogP contribution in [0, 0.1) is 5.92 Å². The molecule has 31 heavy (non-hydrogen) atoms. The van der Waals surface area contributed by atoms with Crippen LogP contribution in [0.15, 0.2) is 60.0 Å². The molecule has 0 unspecified atom stereocenters. The van der Waals surface area contributed by atoms with Gasteiger partial charge in [0.1, 0.15) is 0 Å². The Morgan fingerprint density at radius 2 is 1.77 bits per heavy atom. The van der Waals surface area contributed by atoms with Gasteiger partial charge in [0.25, 0.3) is 5.91 Å². The summed E-state index contributed by atoms with van der Waals surface area (Å²) in [5, 5.41) is 4.34. The van der Waals surface area contributed by atoms with Gasteiger partial charge in [-0.25, -0.2) is 0 Å². The molecule has 0 radical (unpaired) electrons. The number of nitrogens with zero attached hydrogens (tertiary/aromatic N) is 5. The molecule has 2 fully saturated rings. The molecule has 3 aliphatic heterocycles. The van der Waals surface area contributed by atoms with Crippen LogP contribution in [0.2, 0.25) is 0 Å². The number of rotatable bonds is 3. The lowest BCUT2D eigenvalue weighted by Gasteiger charge is -2.36.